The molecule has 0 aromatic heterocycles. The van der Waals surface area contributed by atoms with Gasteiger partial charge in [-0.2, -0.15) is 0 Å². The SMILES string of the molecule is C1CC2C3CCCC3C3OC3C2C1. The molecule has 4 rings (SSSR count). The van der Waals surface area contributed by atoms with Crippen molar-refractivity contribution in [2.45, 2.75) is 50.7 Å². The van der Waals surface area contributed by atoms with Gasteiger partial charge in [-0.15, -0.1) is 0 Å². The van der Waals surface area contributed by atoms with E-state index in [1.807, 2.05) is 0 Å². The van der Waals surface area contributed by atoms with Gasteiger partial charge in [-0.3, -0.25) is 0 Å². The fourth-order valence-electron chi connectivity index (χ4n) is 4.74. The van der Waals surface area contributed by atoms with Crippen molar-refractivity contribution in [3.05, 3.63) is 0 Å². The Bertz CT molecular complexity index is 213. The lowest BCUT2D eigenvalue weighted by Crippen LogP contribution is -2.34. The van der Waals surface area contributed by atoms with Gasteiger partial charge in [0.2, 0.25) is 0 Å². The molecule has 0 amide bonds. The fraction of sp³-hybridized carbons (Fsp3) is 1.00. The van der Waals surface area contributed by atoms with E-state index in [-0.39, 0.29) is 0 Å². The molecule has 13 heavy (non-hydrogen) atoms. The highest BCUT2D eigenvalue weighted by atomic mass is 16.6. The number of hydrogen-bond acceptors (Lipinski definition) is 1. The highest BCUT2D eigenvalue weighted by molar-refractivity contribution is 5.09. The molecule has 0 aromatic rings. The Morgan fingerprint density at radius 1 is 0.615 bits per heavy atom. The van der Waals surface area contributed by atoms with Crippen LogP contribution in [-0.4, -0.2) is 12.2 Å². The van der Waals surface area contributed by atoms with Crippen molar-refractivity contribution in [2.75, 3.05) is 0 Å². The second kappa shape index (κ2) is 2.31. The van der Waals surface area contributed by atoms with Gasteiger partial charge in [0.25, 0.3) is 0 Å². The van der Waals surface area contributed by atoms with E-state index in [1.165, 1.54) is 38.5 Å². The van der Waals surface area contributed by atoms with Gasteiger partial charge in [-0.05, 0) is 49.4 Å². The van der Waals surface area contributed by atoms with Gasteiger partial charge in [0.1, 0.15) is 0 Å². The summed E-state index contributed by atoms with van der Waals surface area (Å²) in [7, 11) is 0. The Kier molecular flexibility index (Phi) is 1.29. The Labute approximate surface area is 79.8 Å². The first kappa shape index (κ1) is 7.28. The minimum absolute atomic E-state index is 0.729. The van der Waals surface area contributed by atoms with Crippen LogP contribution in [0.3, 0.4) is 0 Å². The number of ether oxygens (including phenoxy) is 1. The Morgan fingerprint density at radius 3 is 1.62 bits per heavy atom. The Morgan fingerprint density at radius 2 is 1.08 bits per heavy atom. The first-order valence-corrected chi connectivity index (χ1v) is 6.10. The molecule has 1 heterocycles. The maximum atomic E-state index is 5.91. The third-order valence-corrected chi connectivity index (χ3v) is 5.21. The first-order chi connectivity index (χ1) is 6.45. The van der Waals surface area contributed by atoms with E-state index in [0.29, 0.717) is 0 Å². The van der Waals surface area contributed by atoms with Crippen LogP contribution in [0.2, 0.25) is 0 Å². The third kappa shape index (κ3) is 0.823. The normalized spacial score (nSPS) is 62.8. The molecular weight excluding hydrogens is 160 g/mol. The van der Waals surface area contributed by atoms with E-state index < -0.39 is 0 Å². The first-order valence-electron chi connectivity index (χ1n) is 6.10. The Balaban J connectivity index is 1.70. The molecule has 1 heteroatoms. The van der Waals surface area contributed by atoms with Crippen LogP contribution in [0.1, 0.15) is 38.5 Å². The van der Waals surface area contributed by atoms with Crippen molar-refractivity contribution in [3.63, 3.8) is 0 Å². The van der Waals surface area contributed by atoms with Crippen LogP contribution >= 0.6 is 0 Å². The summed E-state index contributed by atoms with van der Waals surface area (Å²) in [6.07, 6.45) is 10.5. The van der Waals surface area contributed by atoms with Gasteiger partial charge in [0.15, 0.2) is 0 Å². The van der Waals surface area contributed by atoms with Crippen molar-refractivity contribution in [1.82, 2.24) is 0 Å². The molecule has 3 aliphatic carbocycles. The van der Waals surface area contributed by atoms with Crippen molar-refractivity contribution in [1.29, 1.82) is 0 Å². The summed E-state index contributed by atoms with van der Waals surface area (Å²) in [5, 5.41) is 0. The van der Waals surface area contributed by atoms with Gasteiger partial charge in [-0.1, -0.05) is 12.8 Å². The predicted octanol–water partition coefficient (Wildman–Crippen LogP) is 2.60. The lowest BCUT2D eigenvalue weighted by Gasteiger charge is -2.33. The number of rotatable bonds is 0. The molecule has 1 aliphatic heterocycles. The molecule has 0 radical (unpaired) electrons. The number of hydrogen-bond donors (Lipinski definition) is 0. The zero-order valence-electron chi connectivity index (χ0n) is 8.11. The molecule has 0 N–H and O–H groups in total. The third-order valence-electron chi connectivity index (χ3n) is 5.21. The van der Waals surface area contributed by atoms with Gasteiger partial charge >= 0.3 is 0 Å². The van der Waals surface area contributed by atoms with Gasteiger partial charge < -0.3 is 4.74 Å². The van der Waals surface area contributed by atoms with Gasteiger partial charge in [0, 0.05) is 0 Å². The summed E-state index contributed by atoms with van der Waals surface area (Å²) < 4.78 is 5.91. The molecule has 0 spiro atoms. The fourth-order valence-corrected chi connectivity index (χ4v) is 4.74. The summed E-state index contributed by atoms with van der Waals surface area (Å²) in [6, 6.07) is 0. The van der Waals surface area contributed by atoms with E-state index in [0.717, 1.165) is 35.9 Å². The average molecular weight is 178 g/mol. The molecule has 4 aliphatic rings. The van der Waals surface area contributed by atoms with Crippen molar-refractivity contribution >= 4 is 0 Å². The molecular formula is C12H18O. The van der Waals surface area contributed by atoms with Crippen LogP contribution in [0, 0.1) is 23.7 Å². The van der Waals surface area contributed by atoms with Crippen molar-refractivity contribution < 1.29 is 4.74 Å². The number of epoxide rings is 1. The average Bonchev–Trinajstić information content (AvgIpc) is 2.67. The molecule has 6 atom stereocenters. The minimum atomic E-state index is 0.729. The van der Waals surface area contributed by atoms with Crippen LogP contribution in [0.25, 0.3) is 0 Å². The number of fused-ring (bicyclic) bond motifs is 6. The second-order valence-electron chi connectivity index (χ2n) is 5.58. The van der Waals surface area contributed by atoms with Crippen LogP contribution in [0.5, 0.6) is 0 Å². The molecule has 0 bridgehead atoms. The molecule has 1 nitrogen and oxygen atoms in total. The standard InChI is InChI=1S/C12H18O/c1-3-7-8-4-2-6-10(8)12-11(13-12)9(7)5-1/h7-12H,1-6H2. The van der Waals surface area contributed by atoms with Crippen molar-refractivity contribution in [3.8, 4) is 0 Å². The topological polar surface area (TPSA) is 12.5 Å². The van der Waals surface area contributed by atoms with Crippen LogP contribution in [0.4, 0.5) is 0 Å². The van der Waals surface area contributed by atoms with Crippen LogP contribution in [-0.2, 0) is 4.74 Å². The van der Waals surface area contributed by atoms with E-state index in [9.17, 15) is 0 Å². The zero-order chi connectivity index (χ0) is 8.41. The highest BCUT2D eigenvalue weighted by Crippen LogP contribution is 2.60. The monoisotopic (exact) mass is 178 g/mol. The minimum Gasteiger partial charge on any atom is -0.369 e. The molecule has 1 saturated heterocycles. The van der Waals surface area contributed by atoms with Gasteiger partial charge in [0.05, 0.1) is 12.2 Å². The van der Waals surface area contributed by atoms with Gasteiger partial charge in [-0.25, -0.2) is 0 Å². The molecule has 72 valence electrons. The molecule has 6 unspecified atom stereocenters. The van der Waals surface area contributed by atoms with E-state index in [1.54, 1.807) is 0 Å². The summed E-state index contributed by atoms with van der Waals surface area (Å²) in [5.41, 5.74) is 0. The maximum absolute atomic E-state index is 5.91. The highest BCUT2D eigenvalue weighted by Gasteiger charge is 2.61. The molecule has 0 aromatic carbocycles. The van der Waals surface area contributed by atoms with E-state index >= 15 is 0 Å². The maximum Gasteiger partial charge on any atom is 0.0875 e. The largest absolute Gasteiger partial charge is 0.369 e. The van der Waals surface area contributed by atoms with E-state index in [4.69, 9.17) is 4.74 Å². The zero-order valence-corrected chi connectivity index (χ0v) is 8.11. The molecule has 4 fully saturated rings. The second-order valence-corrected chi connectivity index (χ2v) is 5.58. The lowest BCUT2D eigenvalue weighted by molar-refractivity contribution is 0.168. The summed E-state index contributed by atoms with van der Waals surface area (Å²) in [4.78, 5) is 0. The Hall–Kier alpha value is -0.0400. The quantitative estimate of drug-likeness (QED) is 0.519. The summed E-state index contributed by atoms with van der Waals surface area (Å²) in [5.74, 6) is 4.14. The summed E-state index contributed by atoms with van der Waals surface area (Å²) >= 11 is 0. The smallest absolute Gasteiger partial charge is 0.0875 e. The lowest BCUT2D eigenvalue weighted by atomic mass is 9.69. The van der Waals surface area contributed by atoms with Crippen LogP contribution in [0.15, 0.2) is 0 Å². The van der Waals surface area contributed by atoms with Crippen LogP contribution < -0.4 is 0 Å². The summed E-state index contributed by atoms with van der Waals surface area (Å²) in [6.45, 7) is 0. The molecule has 3 saturated carbocycles. The predicted molar refractivity (Wildman–Crippen MR) is 50.3 cm³/mol. The van der Waals surface area contributed by atoms with Crippen molar-refractivity contribution in [2.24, 2.45) is 23.7 Å². The van der Waals surface area contributed by atoms with E-state index in [2.05, 4.69) is 0 Å².